The smallest absolute Gasteiger partial charge is 0.310 e. The molecule has 1 aromatic carbocycles. The van der Waals surface area contributed by atoms with Gasteiger partial charge in [0.15, 0.2) is 0 Å². The van der Waals surface area contributed by atoms with Crippen LogP contribution >= 0.6 is 11.3 Å². The van der Waals surface area contributed by atoms with Gasteiger partial charge in [0.1, 0.15) is 12.3 Å². The van der Waals surface area contributed by atoms with Gasteiger partial charge in [0, 0.05) is 6.54 Å². The minimum Gasteiger partial charge on any atom is -0.459 e. The third-order valence-electron chi connectivity index (χ3n) is 3.03. The molecule has 0 bridgehead atoms. The van der Waals surface area contributed by atoms with Crippen LogP contribution in [-0.4, -0.2) is 25.9 Å². The third kappa shape index (κ3) is 3.25. The zero-order chi connectivity index (χ0) is 14.7. The fraction of sp³-hybridized carbons (Fsp3) is 0.286. The van der Waals surface area contributed by atoms with Crippen molar-refractivity contribution >= 4 is 27.5 Å². The molecule has 6 nitrogen and oxygen atoms in total. The van der Waals surface area contributed by atoms with E-state index in [-0.39, 0.29) is 19.0 Å². The summed E-state index contributed by atoms with van der Waals surface area (Å²) < 4.78 is 8.02. The van der Waals surface area contributed by atoms with E-state index in [4.69, 9.17) is 4.74 Å². The van der Waals surface area contributed by atoms with E-state index in [2.05, 4.69) is 15.3 Å². The number of esters is 1. The van der Waals surface area contributed by atoms with Crippen molar-refractivity contribution in [3.05, 3.63) is 41.2 Å². The number of hydrogen-bond donors (Lipinski definition) is 0. The first-order valence-electron chi connectivity index (χ1n) is 6.61. The van der Waals surface area contributed by atoms with E-state index in [0.717, 1.165) is 22.3 Å². The molecule has 0 aliphatic rings. The first-order chi connectivity index (χ1) is 10.2. The number of aromatic nitrogens is 4. The molecular weight excluding hydrogens is 288 g/mol. The summed E-state index contributed by atoms with van der Waals surface area (Å²) in [5, 5.41) is 7.82. The second-order valence-electron chi connectivity index (χ2n) is 4.56. The van der Waals surface area contributed by atoms with E-state index < -0.39 is 0 Å². The molecule has 21 heavy (non-hydrogen) atoms. The lowest BCUT2D eigenvalue weighted by molar-refractivity contribution is -0.144. The van der Waals surface area contributed by atoms with Crippen LogP contribution in [0.25, 0.3) is 10.2 Å². The first kappa shape index (κ1) is 13.7. The molecule has 2 heterocycles. The second kappa shape index (κ2) is 6.01. The molecule has 3 aromatic rings. The zero-order valence-electron chi connectivity index (χ0n) is 11.5. The third-order valence-corrected chi connectivity index (χ3v) is 3.84. The molecule has 2 aromatic heterocycles. The monoisotopic (exact) mass is 302 g/mol. The Labute approximate surface area is 125 Å². The Bertz CT molecular complexity index is 765. The highest BCUT2D eigenvalue weighted by atomic mass is 32.1. The number of thiazole rings is 1. The van der Waals surface area contributed by atoms with Gasteiger partial charge in [0.05, 0.1) is 28.3 Å². The van der Waals surface area contributed by atoms with Gasteiger partial charge in [0.2, 0.25) is 0 Å². The molecule has 0 N–H and O–H groups in total. The van der Waals surface area contributed by atoms with Crippen LogP contribution in [0.5, 0.6) is 0 Å². The van der Waals surface area contributed by atoms with Crippen LogP contribution in [0, 0.1) is 0 Å². The quantitative estimate of drug-likeness (QED) is 0.676. The normalized spacial score (nSPS) is 10.9. The Balaban J connectivity index is 1.58. The summed E-state index contributed by atoms with van der Waals surface area (Å²) in [6.45, 7) is 2.87. The lowest BCUT2D eigenvalue weighted by Crippen LogP contribution is -2.08. The molecule has 0 atom stereocenters. The number of aryl methyl sites for hydroxylation is 1. The highest BCUT2D eigenvalue weighted by molar-refractivity contribution is 7.16. The second-order valence-corrected chi connectivity index (χ2v) is 5.44. The molecule has 0 saturated heterocycles. The average Bonchev–Trinajstić information content (AvgIpc) is 3.13. The minimum absolute atomic E-state index is 0.151. The van der Waals surface area contributed by atoms with Crippen LogP contribution in [0.15, 0.2) is 29.9 Å². The molecule has 0 aliphatic heterocycles. The van der Waals surface area contributed by atoms with Crippen LogP contribution in [0.2, 0.25) is 0 Å². The van der Waals surface area contributed by atoms with E-state index in [1.165, 1.54) is 0 Å². The molecule has 0 fully saturated rings. The number of rotatable bonds is 5. The van der Waals surface area contributed by atoms with E-state index in [0.29, 0.717) is 5.69 Å². The Kier molecular flexibility index (Phi) is 3.92. The molecule has 0 amide bonds. The van der Waals surface area contributed by atoms with Gasteiger partial charge >= 0.3 is 5.97 Å². The molecular formula is C14H14N4O2S. The van der Waals surface area contributed by atoms with Gasteiger partial charge in [-0.15, -0.1) is 16.4 Å². The summed E-state index contributed by atoms with van der Waals surface area (Å²) in [6.07, 6.45) is 2.00. The predicted octanol–water partition coefficient (Wildman–Crippen LogP) is 2.19. The largest absolute Gasteiger partial charge is 0.459 e. The van der Waals surface area contributed by atoms with Crippen molar-refractivity contribution in [3.63, 3.8) is 0 Å². The maximum atomic E-state index is 11.8. The lowest BCUT2D eigenvalue weighted by atomic mass is 10.1. The number of benzene rings is 1. The van der Waals surface area contributed by atoms with Gasteiger partial charge in [-0.3, -0.25) is 9.48 Å². The van der Waals surface area contributed by atoms with E-state index in [1.54, 1.807) is 27.7 Å². The number of carbonyl (C=O) groups is 1. The van der Waals surface area contributed by atoms with Crippen LogP contribution in [0.3, 0.4) is 0 Å². The number of carbonyl (C=O) groups excluding carboxylic acids is 1. The summed E-state index contributed by atoms with van der Waals surface area (Å²) >= 11 is 1.58. The summed E-state index contributed by atoms with van der Waals surface area (Å²) in [4.78, 5) is 16.1. The Morgan fingerprint density at radius 3 is 3.14 bits per heavy atom. The Hall–Kier alpha value is -2.28. The molecule has 0 unspecified atom stereocenters. The fourth-order valence-electron chi connectivity index (χ4n) is 1.94. The van der Waals surface area contributed by atoms with E-state index >= 15 is 0 Å². The molecule has 7 heteroatoms. The van der Waals surface area contributed by atoms with Crippen LogP contribution in [0.4, 0.5) is 0 Å². The van der Waals surface area contributed by atoms with Crippen molar-refractivity contribution in [2.75, 3.05) is 0 Å². The van der Waals surface area contributed by atoms with E-state index in [1.807, 2.05) is 25.1 Å². The van der Waals surface area contributed by atoms with Crippen molar-refractivity contribution in [2.45, 2.75) is 26.5 Å². The SMILES string of the molecule is CCn1cc(COC(=O)Cc2ccc3scnc3c2)nn1. The lowest BCUT2D eigenvalue weighted by Gasteiger charge is -2.03. The van der Waals surface area contributed by atoms with Gasteiger partial charge in [-0.1, -0.05) is 11.3 Å². The summed E-state index contributed by atoms with van der Waals surface area (Å²) in [5.74, 6) is -0.282. The van der Waals surface area contributed by atoms with Crippen LogP contribution < -0.4 is 0 Å². The van der Waals surface area contributed by atoms with Crippen molar-refractivity contribution in [1.29, 1.82) is 0 Å². The predicted molar refractivity (Wildman–Crippen MR) is 78.8 cm³/mol. The first-order valence-corrected chi connectivity index (χ1v) is 7.49. The fourth-order valence-corrected chi connectivity index (χ4v) is 2.60. The number of fused-ring (bicyclic) bond motifs is 1. The van der Waals surface area contributed by atoms with Crippen LogP contribution in [-0.2, 0) is 29.1 Å². The van der Waals surface area contributed by atoms with Crippen molar-refractivity contribution in [1.82, 2.24) is 20.0 Å². The maximum absolute atomic E-state index is 11.8. The topological polar surface area (TPSA) is 69.9 Å². The number of ether oxygens (including phenoxy) is 1. The average molecular weight is 302 g/mol. The van der Waals surface area contributed by atoms with Crippen molar-refractivity contribution in [3.8, 4) is 0 Å². The molecule has 3 rings (SSSR count). The van der Waals surface area contributed by atoms with Crippen LogP contribution in [0.1, 0.15) is 18.2 Å². The van der Waals surface area contributed by atoms with E-state index in [9.17, 15) is 4.79 Å². The van der Waals surface area contributed by atoms with Gasteiger partial charge < -0.3 is 4.74 Å². The van der Waals surface area contributed by atoms with Crippen molar-refractivity contribution in [2.24, 2.45) is 0 Å². The molecule has 0 radical (unpaired) electrons. The summed E-state index contributed by atoms with van der Waals surface area (Å²) in [6, 6.07) is 5.82. The van der Waals surface area contributed by atoms with Gasteiger partial charge in [-0.2, -0.15) is 0 Å². The van der Waals surface area contributed by atoms with Gasteiger partial charge in [-0.25, -0.2) is 4.98 Å². The number of nitrogens with zero attached hydrogens (tertiary/aromatic N) is 4. The standard InChI is InChI=1S/C14H14N4O2S/c1-2-18-7-11(16-17-18)8-20-14(19)6-10-3-4-13-12(5-10)15-9-21-13/h3-5,7,9H,2,6,8H2,1H3. The molecule has 0 spiro atoms. The highest BCUT2D eigenvalue weighted by Gasteiger charge is 2.08. The maximum Gasteiger partial charge on any atom is 0.310 e. The Morgan fingerprint density at radius 2 is 2.33 bits per heavy atom. The summed E-state index contributed by atoms with van der Waals surface area (Å²) in [7, 11) is 0. The Morgan fingerprint density at radius 1 is 1.43 bits per heavy atom. The zero-order valence-corrected chi connectivity index (χ0v) is 12.3. The molecule has 108 valence electrons. The minimum atomic E-state index is -0.282. The van der Waals surface area contributed by atoms with Gasteiger partial charge in [0.25, 0.3) is 0 Å². The van der Waals surface area contributed by atoms with Crippen molar-refractivity contribution < 1.29 is 9.53 Å². The summed E-state index contributed by atoms with van der Waals surface area (Å²) in [5.41, 5.74) is 4.26. The van der Waals surface area contributed by atoms with Gasteiger partial charge in [-0.05, 0) is 24.6 Å². The number of hydrogen-bond acceptors (Lipinski definition) is 6. The highest BCUT2D eigenvalue weighted by Crippen LogP contribution is 2.19. The molecule has 0 aliphatic carbocycles. The molecule has 0 saturated carbocycles.